The molecular formula is C12H15FO3. The lowest BCUT2D eigenvalue weighted by molar-refractivity contribution is -0.138. The molecule has 0 aliphatic carbocycles. The molecule has 4 heteroatoms. The predicted molar refractivity (Wildman–Crippen MR) is 58.5 cm³/mol. The van der Waals surface area contributed by atoms with E-state index in [-0.39, 0.29) is 5.75 Å². The number of carboxylic acid groups (broad SMARTS) is 1. The van der Waals surface area contributed by atoms with E-state index in [0.717, 1.165) is 0 Å². The first kappa shape index (κ1) is 12.5. The minimum Gasteiger partial charge on any atom is -0.493 e. The molecule has 16 heavy (non-hydrogen) atoms. The fourth-order valence-corrected chi connectivity index (χ4v) is 1.71. The number of methoxy groups -OCH3 is 1. The minimum atomic E-state index is -0.934. The van der Waals surface area contributed by atoms with Crippen LogP contribution in [0.15, 0.2) is 6.07 Å². The number of hydrogen-bond acceptors (Lipinski definition) is 2. The summed E-state index contributed by atoms with van der Waals surface area (Å²) in [5.41, 5.74) is 1.52. The average Bonchev–Trinajstić information content (AvgIpc) is 2.23. The van der Waals surface area contributed by atoms with Crippen LogP contribution in [0.5, 0.6) is 5.75 Å². The van der Waals surface area contributed by atoms with E-state index in [9.17, 15) is 9.18 Å². The number of ether oxygens (including phenoxy) is 1. The van der Waals surface area contributed by atoms with Crippen LogP contribution in [0, 0.1) is 19.7 Å². The first-order chi connectivity index (χ1) is 7.40. The van der Waals surface area contributed by atoms with Crippen molar-refractivity contribution in [1.29, 1.82) is 0 Å². The van der Waals surface area contributed by atoms with Crippen LogP contribution in [0.25, 0.3) is 0 Å². The molecular weight excluding hydrogens is 211 g/mol. The van der Waals surface area contributed by atoms with Gasteiger partial charge >= 0.3 is 5.97 Å². The number of carboxylic acids is 1. The Kier molecular flexibility index (Phi) is 3.52. The van der Waals surface area contributed by atoms with Gasteiger partial charge in [-0.1, -0.05) is 6.07 Å². The van der Waals surface area contributed by atoms with Gasteiger partial charge in [-0.25, -0.2) is 4.39 Å². The molecule has 0 saturated heterocycles. The van der Waals surface area contributed by atoms with E-state index in [4.69, 9.17) is 9.84 Å². The van der Waals surface area contributed by atoms with Crippen molar-refractivity contribution in [2.75, 3.05) is 7.11 Å². The van der Waals surface area contributed by atoms with Gasteiger partial charge in [-0.2, -0.15) is 0 Å². The Bertz CT molecular complexity index is 427. The molecule has 88 valence electrons. The summed E-state index contributed by atoms with van der Waals surface area (Å²) < 4.78 is 18.6. The summed E-state index contributed by atoms with van der Waals surface area (Å²) in [4.78, 5) is 10.9. The molecule has 0 aliphatic rings. The third-order valence-electron chi connectivity index (χ3n) is 2.73. The van der Waals surface area contributed by atoms with Gasteiger partial charge in [0.2, 0.25) is 0 Å². The first-order valence-corrected chi connectivity index (χ1v) is 4.96. The lowest BCUT2D eigenvalue weighted by atomic mass is 9.93. The van der Waals surface area contributed by atoms with Gasteiger partial charge in [-0.15, -0.1) is 0 Å². The summed E-state index contributed by atoms with van der Waals surface area (Å²) in [7, 11) is 1.38. The number of halogens is 1. The van der Waals surface area contributed by atoms with E-state index in [2.05, 4.69) is 0 Å². The van der Waals surface area contributed by atoms with Crippen molar-refractivity contribution >= 4 is 5.97 Å². The van der Waals surface area contributed by atoms with Crippen molar-refractivity contribution in [2.45, 2.75) is 26.7 Å². The van der Waals surface area contributed by atoms with Crippen LogP contribution < -0.4 is 4.74 Å². The lowest BCUT2D eigenvalue weighted by Crippen LogP contribution is -2.11. The Morgan fingerprint density at radius 1 is 1.50 bits per heavy atom. The molecule has 1 aromatic carbocycles. The van der Waals surface area contributed by atoms with Gasteiger partial charge in [-0.05, 0) is 37.5 Å². The maximum Gasteiger partial charge on any atom is 0.310 e. The second-order valence-corrected chi connectivity index (χ2v) is 3.81. The third kappa shape index (κ3) is 2.01. The fraction of sp³-hybridized carbons (Fsp3) is 0.417. The molecule has 1 aromatic rings. The van der Waals surface area contributed by atoms with Gasteiger partial charge in [0.05, 0.1) is 13.0 Å². The number of aliphatic carboxylic acids is 1. The van der Waals surface area contributed by atoms with Crippen LogP contribution in [0.4, 0.5) is 4.39 Å². The predicted octanol–water partition coefficient (Wildman–Crippen LogP) is 2.64. The summed E-state index contributed by atoms with van der Waals surface area (Å²) in [5, 5.41) is 8.95. The summed E-state index contributed by atoms with van der Waals surface area (Å²) in [6, 6.07) is 1.56. The van der Waals surface area contributed by atoms with E-state index in [1.54, 1.807) is 26.8 Å². The molecule has 1 rings (SSSR count). The number of rotatable bonds is 3. The van der Waals surface area contributed by atoms with E-state index < -0.39 is 17.7 Å². The van der Waals surface area contributed by atoms with Gasteiger partial charge in [0, 0.05) is 0 Å². The van der Waals surface area contributed by atoms with Gasteiger partial charge in [0.1, 0.15) is 0 Å². The maximum atomic E-state index is 13.6. The number of carbonyl (C=O) groups is 1. The van der Waals surface area contributed by atoms with Crippen LogP contribution >= 0.6 is 0 Å². The van der Waals surface area contributed by atoms with Crippen LogP contribution in [-0.2, 0) is 4.79 Å². The lowest BCUT2D eigenvalue weighted by Gasteiger charge is -2.16. The zero-order valence-corrected chi connectivity index (χ0v) is 9.80. The zero-order chi connectivity index (χ0) is 12.5. The van der Waals surface area contributed by atoms with Gasteiger partial charge in [-0.3, -0.25) is 4.79 Å². The molecule has 0 aliphatic heterocycles. The SMILES string of the molecule is COc1c(C)c(C(C)C(=O)O)cc(C)c1F. The van der Waals surface area contributed by atoms with E-state index >= 15 is 0 Å². The van der Waals surface area contributed by atoms with Crippen molar-refractivity contribution in [1.82, 2.24) is 0 Å². The molecule has 0 heterocycles. The quantitative estimate of drug-likeness (QED) is 0.861. The number of benzene rings is 1. The van der Waals surface area contributed by atoms with Crippen molar-refractivity contribution in [3.63, 3.8) is 0 Å². The summed E-state index contributed by atoms with van der Waals surface area (Å²) >= 11 is 0. The highest BCUT2D eigenvalue weighted by Crippen LogP contribution is 2.32. The Morgan fingerprint density at radius 2 is 2.06 bits per heavy atom. The zero-order valence-electron chi connectivity index (χ0n) is 9.80. The largest absolute Gasteiger partial charge is 0.493 e. The van der Waals surface area contributed by atoms with Crippen molar-refractivity contribution in [3.05, 3.63) is 28.6 Å². The molecule has 0 amide bonds. The van der Waals surface area contributed by atoms with Crippen LogP contribution in [0.3, 0.4) is 0 Å². The number of aryl methyl sites for hydroxylation is 1. The molecule has 0 fully saturated rings. The number of hydrogen-bond donors (Lipinski definition) is 1. The van der Waals surface area contributed by atoms with E-state index in [1.807, 2.05) is 0 Å². The Morgan fingerprint density at radius 3 is 2.50 bits per heavy atom. The van der Waals surface area contributed by atoms with Crippen LogP contribution in [0.1, 0.15) is 29.5 Å². The van der Waals surface area contributed by atoms with Gasteiger partial charge in [0.25, 0.3) is 0 Å². The molecule has 3 nitrogen and oxygen atoms in total. The average molecular weight is 226 g/mol. The Labute approximate surface area is 93.9 Å². The highest BCUT2D eigenvalue weighted by Gasteiger charge is 2.21. The maximum absolute atomic E-state index is 13.6. The second kappa shape index (κ2) is 4.51. The molecule has 0 aromatic heterocycles. The Balaban J connectivity index is 3.42. The molecule has 0 spiro atoms. The topological polar surface area (TPSA) is 46.5 Å². The van der Waals surface area contributed by atoms with Crippen LogP contribution in [-0.4, -0.2) is 18.2 Å². The van der Waals surface area contributed by atoms with Crippen molar-refractivity contribution < 1.29 is 19.0 Å². The standard InChI is InChI=1S/C12H15FO3/c1-6-5-9(8(3)12(14)15)7(2)11(16-4)10(6)13/h5,8H,1-4H3,(H,14,15). The van der Waals surface area contributed by atoms with E-state index in [1.165, 1.54) is 7.11 Å². The summed E-state index contributed by atoms with van der Waals surface area (Å²) in [6.45, 7) is 4.83. The smallest absolute Gasteiger partial charge is 0.310 e. The van der Waals surface area contributed by atoms with Crippen molar-refractivity contribution in [2.24, 2.45) is 0 Å². The van der Waals surface area contributed by atoms with Crippen LogP contribution in [0.2, 0.25) is 0 Å². The second-order valence-electron chi connectivity index (χ2n) is 3.81. The third-order valence-corrected chi connectivity index (χ3v) is 2.73. The summed E-state index contributed by atoms with van der Waals surface area (Å²) in [5.74, 6) is -1.91. The highest BCUT2D eigenvalue weighted by molar-refractivity contribution is 5.76. The molecule has 1 N–H and O–H groups in total. The fourth-order valence-electron chi connectivity index (χ4n) is 1.71. The van der Waals surface area contributed by atoms with Gasteiger partial charge in [0.15, 0.2) is 11.6 Å². The van der Waals surface area contributed by atoms with Crippen molar-refractivity contribution in [3.8, 4) is 5.75 Å². The molecule has 1 unspecified atom stereocenters. The normalized spacial score (nSPS) is 12.3. The molecule has 1 atom stereocenters. The minimum absolute atomic E-state index is 0.128. The Hall–Kier alpha value is -1.58. The van der Waals surface area contributed by atoms with E-state index in [0.29, 0.717) is 16.7 Å². The monoisotopic (exact) mass is 226 g/mol. The first-order valence-electron chi connectivity index (χ1n) is 4.96. The molecule has 0 radical (unpaired) electrons. The van der Waals surface area contributed by atoms with Gasteiger partial charge < -0.3 is 9.84 Å². The molecule has 0 saturated carbocycles. The summed E-state index contributed by atoms with van der Waals surface area (Å²) in [6.07, 6.45) is 0. The molecule has 0 bridgehead atoms. The highest BCUT2D eigenvalue weighted by atomic mass is 19.1.